The van der Waals surface area contributed by atoms with Gasteiger partial charge >= 0.3 is 5.97 Å². The second-order valence-corrected chi connectivity index (χ2v) is 21.7. The Bertz CT molecular complexity index is 1090. The van der Waals surface area contributed by atoms with E-state index in [1.807, 2.05) is 0 Å². The second-order valence-electron chi connectivity index (χ2n) is 21.7. The number of hydrogen-bond donors (Lipinski definition) is 3. The van der Waals surface area contributed by atoms with Crippen LogP contribution in [0, 0.1) is 0 Å². The van der Waals surface area contributed by atoms with E-state index < -0.39 is 12.1 Å². The molecule has 6 nitrogen and oxygen atoms in total. The third kappa shape index (κ3) is 55.7. The van der Waals surface area contributed by atoms with E-state index in [-0.39, 0.29) is 18.5 Å². The van der Waals surface area contributed by atoms with Crippen LogP contribution in [0.1, 0.15) is 348 Å². The smallest absolute Gasteiger partial charge is 0.305 e. The van der Waals surface area contributed by atoms with Gasteiger partial charge in [-0.25, -0.2) is 0 Å². The van der Waals surface area contributed by atoms with Crippen LogP contribution in [0.3, 0.4) is 0 Å². The summed E-state index contributed by atoms with van der Waals surface area (Å²) >= 11 is 0. The quantitative estimate of drug-likeness (QED) is 0.0321. The molecule has 0 aliphatic heterocycles. The topological polar surface area (TPSA) is 95.9 Å². The minimum Gasteiger partial charge on any atom is -0.466 e. The van der Waals surface area contributed by atoms with E-state index in [4.69, 9.17) is 4.74 Å². The van der Waals surface area contributed by atoms with Crippen LogP contribution in [0.4, 0.5) is 0 Å². The number of aliphatic hydroxyl groups excluding tert-OH is 2. The number of esters is 1. The Kier molecular flexibility index (Phi) is 58.5. The Morgan fingerprint density at radius 1 is 0.386 bits per heavy atom. The van der Waals surface area contributed by atoms with E-state index in [9.17, 15) is 19.8 Å². The summed E-state index contributed by atoms with van der Waals surface area (Å²) in [5, 5.41) is 23.4. The fraction of sp³-hybridized carbons (Fsp3) is 0.906. The molecule has 0 aromatic rings. The van der Waals surface area contributed by atoms with Gasteiger partial charge in [-0.15, -0.1) is 0 Å². The molecule has 0 bridgehead atoms. The molecule has 0 aromatic heterocycles. The highest BCUT2D eigenvalue weighted by Crippen LogP contribution is 2.18. The van der Waals surface area contributed by atoms with Crippen molar-refractivity contribution in [3.63, 3.8) is 0 Å². The summed E-state index contributed by atoms with van der Waals surface area (Å²) in [6.07, 6.45) is 73.3. The van der Waals surface area contributed by atoms with Crippen molar-refractivity contribution in [1.82, 2.24) is 5.32 Å². The fourth-order valence-electron chi connectivity index (χ4n) is 9.87. The predicted molar refractivity (Wildman–Crippen MR) is 306 cm³/mol. The maximum Gasteiger partial charge on any atom is 0.305 e. The van der Waals surface area contributed by atoms with Gasteiger partial charge in [0, 0.05) is 12.8 Å². The summed E-state index contributed by atoms with van der Waals surface area (Å²) < 4.78 is 5.47. The molecule has 0 aliphatic rings. The fourth-order valence-corrected chi connectivity index (χ4v) is 9.87. The van der Waals surface area contributed by atoms with Crippen LogP contribution < -0.4 is 5.32 Å². The van der Waals surface area contributed by atoms with Gasteiger partial charge in [0.1, 0.15) is 0 Å². The van der Waals surface area contributed by atoms with Crippen LogP contribution in [0.5, 0.6) is 0 Å². The van der Waals surface area contributed by atoms with Crippen LogP contribution in [0.25, 0.3) is 0 Å². The number of hydrogen-bond acceptors (Lipinski definition) is 5. The highest BCUT2D eigenvalue weighted by molar-refractivity contribution is 5.76. The van der Waals surface area contributed by atoms with Gasteiger partial charge in [-0.2, -0.15) is 0 Å². The van der Waals surface area contributed by atoms with Gasteiger partial charge in [-0.1, -0.05) is 282 Å². The van der Waals surface area contributed by atoms with Crippen molar-refractivity contribution in [2.24, 2.45) is 0 Å². The first-order valence-electron chi connectivity index (χ1n) is 31.6. The van der Waals surface area contributed by atoms with Crippen LogP contribution in [-0.2, 0) is 14.3 Å². The number of unbranched alkanes of at least 4 members (excludes halogenated alkanes) is 44. The molecular weight excluding hydrogens is 863 g/mol. The minimum atomic E-state index is -0.683. The van der Waals surface area contributed by atoms with Crippen molar-refractivity contribution in [2.75, 3.05) is 13.2 Å². The Morgan fingerprint density at radius 2 is 0.671 bits per heavy atom. The molecule has 70 heavy (non-hydrogen) atoms. The SMILES string of the molecule is CCCCCCCCC/C=C\CCCCCCCC(=O)OCCCCCCCC/C=C\CCCCCC(=O)NC(CO)C(O)CCCCCCCCCCCCCCCCCCCCCCCCCC. The highest BCUT2D eigenvalue weighted by atomic mass is 16.5. The van der Waals surface area contributed by atoms with Gasteiger partial charge in [0.05, 0.1) is 25.4 Å². The average Bonchev–Trinajstić information content (AvgIpc) is 3.36. The van der Waals surface area contributed by atoms with Crippen molar-refractivity contribution >= 4 is 11.9 Å². The van der Waals surface area contributed by atoms with Crippen LogP contribution in [0.15, 0.2) is 24.3 Å². The van der Waals surface area contributed by atoms with Crippen molar-refractivity contribution in [2.45, 2.75) is 360 Å². The summed E-state index contributed by atoms with van der Waals surface area (Å²) in [4.78, 5) is 24.6. The van der Waals surface area contributed by atoms with Crippen LogP contribution >= 0.6 is 0 Å². The van der Waals surface area contributed by atoms with Gasteiger partial charge in [0.15, 0.2) is 0 Å². The molecule has 0 spiro atoms. The van der Waals surface area contributed by atoms with E-state index in [0.717, 1.165) is 70.6 Å². The van der Waals surface area contributed by atoms with Gasteiger partial charge in [-0.3, -0.25) is 9.59 Å². The third-order valence-electron chi connectivity index (χ3n) is 14.7. The molecule has 0 saturated carbocycles. The zero-order valence-electron chi connectivity index (χ0n) is 47.3. The maximum atomic E-state index is 12.5. The Labute approximate surface area is 437 Å². The number of aliphatic hydroxyl groups is 2. The van der Waals surface area contributed by atoms with Gasteiger partial charge in [0.25, 0.3) is 0 Å². The van der Waals surface area contributed by atoms with E-state index in [1.54, 1.807) is 0 Å². The number of carbonyl (C=O) groups excluding carboxylic acids is 2. The normalized spacial score (nSPS) is 12.7. The standard InChI is InChI=1S/C64H123NO5/c1-3-5-7-9-11-13-15-17-19-21-22-23-24-25-26-27-28-29-32-36-40-44-48-52-56-62(67)61(60-66)65-63(68)57-53-49-45-41-37-33-31-35-39-43-47-51-55-59-70-64(69)58-54-50-46-42-38-34-30-20-18-16-14-12-10-8-6-4-2/h20,30,33,37,61-62,66-67H,3-19,21-29,31-32,34-36,38-60H2,1-2H3,(H,65,68)/b30-20-,37-33-. The number of carbonyl (C=O) groups is 2. The van der Waals surface area contributed by atoms with E-state index in [2.05, 4.69) is 43.5 Å². The first-order chi connectivity index (χ1) is 34.5. The lowest BCUT2D eigenvalue weighted by molar-refractivity contribution is -0.143. The third-order valence-corrected chi connectivity index (χ3v) is 14.7. The Balaban J connectivity index is 3.47. The zero-order chi connectivity index (χ0) is 50.7. The molecule has 0 fully saturated rings. The molecule has 0 heterocycles. The first-order valence-corrected chi connectivity index (χ1v) is 31.6. The van der Waals surface area contributed by atoms with Crippen LogP contribution in [0.2, 0.25) is 0 Å². The summed E-state index contributed by atoms with van der Waals surface area (Å²) in [6.45, 7) is 4.93. The van der Waals surface area contributed by atoms with E-state index >= 15 is 0 Å². The lowest BCUT2D eigenvalue weighted by atomic mass is 10.0. The molecule has 1 amide bonds. The van der Waals surface area contributed by atoms with Gasteiger partial charge < -0.3 is 20.3 Å². The maximum absolute atomic E-state index is 12.5. The highest BCUT2D eigenvalue weighted by Gasteiger charge is 2.20. The van der Waals surface area contributed by atoms with Gasteiger partial charge in [0.2, 0.25) is 5.91 Å². The molecule has 2 atom stereocenters. The van der Waals surface area contributed by atoms with Crippen LogP contribution in [-0.4, -0.2) is 47.4 Å². The van der Waals surface area contributed by atoms with Gasteiger partial charge in [-0.05, 0) is 77.0 Å². The molecule has 0 aliphatic carbocycles. The number of allylic oxidation sites excluding steroid dienone is 4. The summed E-state index contributed by atoms with van der Waals surface area (Å²) in [7, 11) is 0. The second kappa shape index (κ2) is 59.9. The number of rotatable bonds is 59. The molecule has 3 N–H and O–H groups in total. The lowest BCUT2D eigenvalue weighted by Gasteiger charge is -2.22. The Morgan fingerprint density at radius 3 is 1.03 bits per heavy atom. The predicted octanol–water partition coefficient (Wildman–Crippen LogP) is 19.8. The van der Waals surface area contributed by atoms with E-state index in [0.29, 0.717) is 25.9 Å². The minimum absolute atomic E-state index is 0.0189. The van der Waals surface area contributed by atoms with Crippen molar-refractivity contribution in [1.29, 1.82) is 0 Å². The molecule has 414 valence electrons. The first kappa shape index (κ1) is 68.3. The molecule has 0 radical (unpaired) electrons. The monoisotopic (exact) mass is 986 g/mol. The number of amides is 1. The lowest BCUT2D eigenvalue weighted by Crippen LogP contribution is -2.45. The zero-order valence-corrected chi connectivity index (χ0v) is 47.3. The molecule has 2 unspecified atom stereocenters. The number of nitrogens with one attached hydrogen (secondary N) is 1. The number of ether oxygens (including phenoxy) is 1. The largest absolute Gasteiger partial charge is 0.466 e. The summed E-state index contributed by atoms with van der Waals surface area (Å²) in [6, 6.07) is -0.563. The van der Waals surface area contributed by atoms with E-state index in [1.165, 1.54) is 244 Å². The molecular formula is C64H123NO5. The Hall–Kier alpha value is -1.66. The molecule has 0 rings (SSSR count). The molecule has 6 heteroatoms. The summed E-state index contributed by atoms with van der Waals surface area (Å²) in [5.41, 5.74) is 0. The summed E-state index contributed by atoms with van der Waals surface area (Å²) in [5.74, 6) is -0.0805. The average molecular weight is 987 g/mol. The molecule has 0 aromatic carbocycles. The van der Waals surface area contributed by atoms with Crippen molar-refractivity contribution in [3.8, 4) is 0 Å². The van der Waals surface area contributed by atoms with Crippen molar-refractivity contribution < 1.29 is 24.5 Å². The molecule has 0 saturated heterocycles. The van der Waals surface area contributed by atoms with Crippen molar-refractivity contribution in [3.05, 3.63) is 24.3 Å².